The van der Waals surface area contributed by atoms with Crippen molar-refractivity contribution in [2.45, 2.75) is 57.6 Å². The maximum Gasteiger partial charge on any atom is 0.228 e. The minimum Gasteiger partial charge on any atom is -0.486 e. The molecule has 0 bridgehead atoms. The zero-order chi connectivity index (χ0) is 18.4. The van der Waals surface area contributed by atoms with E-state index in [9.17, 15) is 4.79 Å². The molecule has 0 atom stereocenters. The molecule has 26 heavy (non-hydrogen) atoms. The highest BCUT2D eigenvalue weighted by molar-refractivity contribution is 7.09. The van der Waals surface area contributed by atoms with Crippen molar-refractivity contribution < 1.29 is 9.53 Å². The molecule has 1 aliphatic carbocycles. The first-order valence-corrected chi connectivity index (χ1v) is 10.4. The number of nitrogens with zero attached hydrogens (tertiary/aromatic N) is 2. The lowest BCUT2D eigenvalue weighted by Gasteiger charge is -2.27. The van der Waals surface area contributed by atoms with Crippen LogP contribution < -0.4 is 4.74 Å². The Labute approximate surface area is 164 Å². The SMILES string of the molecule is CN(C(=O)Cc1csc(COc2ccc(Cl)cc2)n1)C1CCCCCC1. The third kappa shape index (κ3) is 5.45. The largest absolute Gasteiger partial charge is 0.486 e. The summed E-state index contributed by atoms with van der Waals surface area (Å²) < 4.78 is 5.72. The van der Waals surface area contributed by atoms with Crippen molar-refractivity contribution in [2.75, 3.05) is 7.05 Å². The van der Waals surface area contributed by atoms with Gasteiger partial charge in [-0.15, -0.1) is 11.3 Å². The molecule has 1 aliphatic rings. The maximum atomic E-state index is 12.6. The zero-order valence-electron chi connectivity index (χ0n) is 15.1. The second kappa shape index (κ2) is 9.38. The van der Waals surface area contributed by atoms with Gasteiger partial charge in [0.2, 0.25) is 5.91 Å². The molecule has 0 unspecified atom stereocenters. The summed E-state index contributed by atoms with van der Waals surface area (Å²) in [7, 11) is 1.94. The topological polar surface area (TPSA) is 42.4 Å². The molecule has 140 valence electrons. The number of likely N-dealkylation sites (N-methyl/N-ethyl adjacent to an activating group) is 1. The Hall–Kier alpha value is -1.59. The monoisotopic (exact) mass is 392 g/mol. The second-order valence-corrected chi connectivity index (χ2v) is 8.18. The Morgan fingerprint density at radius 2 is 1.92 bits per heavy atom. The van der Waals surface area contributed by atoms with Gasteiger partial charge in [0.15, 0.2) is 0 Å². The van der Waals surface area contributed by atoms with E-state index in [-0.39, 0.29) is 5.91 Å². The van der Waals surface area contributed by atoms with Crippen LogP contribution in [0.25, 0.3) is 0 Å². The number of hydrogen-bond acceptors (Lipinski definition) is 4. The van der Waals surface area contributed by atoms with Crippen LogP contribution in [-0.4, -0.2) is 28.9 Å². The molecule has 4 nitrogen and oxygen atoms in total. The Balaban J connectivity index is 1.50. The molecule has 0 N–H and O–H groups in total. The summed E-state index contributed by atoms with van der Waals surface area (Å²) in [5, 5.41) is 3.52. The average Bonchev–Trinajstić information content (AvgIpc) is 2.91. The summed E-state index contributed by atoms with van der Waals surface area (Å²) in [6.07, 6.45) is 7.66. The van der Waals surface area contributed by atoms with Gasteiger partial charge in [0.25, 0.3) is 0 Å². The van der Waals surface area contributed by atoms with Crippen LogP contribution in [0, 0.1) is 0 Å². The van der Waals surface area contributed by atoms with Crippen LogP contribution in [0.15, 0.2) is 29.6 Å². The number of thiazole rings is 1. The summed E-state index contributed by atoms with van der Waals surface area (Å²) in [6, 6.07) is 7.65. The van der Waals surface area contributed by atoms with Crippen molar-refractivity contribution in [2.24, 2.45) is 0 Å². The number of carbonyl (C=O) groups excluding carboxylic acids is 1. The van der Waals surface area contributed by atoms with Crippen molar-refractivity contribution >= 4 is 28.8 Å². The predicted molar refractivity (Wildman–Crippen MR) is 106 cm³/mol. The number of carbonyl (C=O) groups is 1. The highest BCUT2D eigenvalue weighted by Gasteiger charge is 2.21. The molecule has 2 aromatic rings. The Bertz CT molecular complexity index is 709. The van der Waals surface area contributed by atoms with Gasteiger partial charge in [0.1, 0.15) is 17.4 Å². The molecule has 3 rings (SSSR count). The van der Waals surface area contributed by atoms with Crippen LogP contribution in [-0.2, 0) is 17.8 Å². The lowest BCUT2D eigenvalue weighted by atomic mass is 10.1. The lowest BCUT2D eigenvalue weighted by Crippen LogP contribution is -2.37. The van der Waals surface area contributed by atoms with E-state index in [1.807, 2.05) is 29.5 Å². The van der Waals surface area contributed by atoms with E-state index in [0.717, 1.165) is 29.3 Å². The molecule has 1 fully saturated rings. The fraction of sp³-hybridized carbons (Fsp3) is 0.500. The van der Waals surface area contributed by atoms with Crippen molar-refractivity contribution in [3.63, 3.8) is 0 Å². The Morgan fingerprint density at radius 1 is 1.23 bits per heavy atom. The van der Waals surface area contributed by atoms with Crippen molar-refractivity contribution in [3.8, 4) is 5.75 Å². The average molecular weight is 393 g/mol. The molecule has 1 amide bonds. The molecule has 1 heterocycles. The highest BCUT2D eigenvalue weighted by Crippen LogP contribution is 2.22. The molecule has 0 radical (unpaired) electrons. The molecule has 0 spiro atoms. The van der Waals surface area contributed by atoms with Gasteiger partial charge in [-0.05, 0) is 37.1 Å². The van der Waals surface area contributed by atoms with Crippen LogP contribution in [0.2, 0.25) is 5.02 Å². The van der Waals surface area contributed by atoms with Crippen molar-refractivity contribution in [3.05, 3.63) is 45.4 Å². The molecule has 1 aromatic carbocycles. The van der Waals surface area contributed by atoms with Gasteiger partial charge < -0.3 is 9.64 Å². The van der Waals surface area contributed by atoms with Crippen LogP contribution in [0.3, 0.4) is 0 Å². The third-order valence-corrected chi connectivity index (χ3v) is 6.00. The van der Waals surface area contributed by atoms with Gasteiger partial charge >= 0.3 is 0 Å². The Kier molecular flexibility index (Phi) is 6.92. The van der Waals surface area contributed by atoms with E-state index in [2.05, 4.69) is 4.98 Å². The fourth-order valence-electron chi connectivity index (χ4n) is 3.30. The fourth-order valence-corrected chi connectivity index (χ4v) is 4.13. The predicted octanol–water partition coefficient (Wildman–Crippen LogP) is 5.10. The second-order valence-electron chi connectivity index (χ2n) is 6.80. The van der Waals surface area contributed by atoms with Gasteiger partial charge in [-0.1, -0.05) is 37.3 Å². The van der Waals surface area contributed by atoms with Crippen LogP contribution in [0.1, 0.15) is 49.2 Å². The van der Waals surface area contributed by atoms with Crippen molar-refractivity contribution in [1.82, 2.24) is 9.88 Å². The van der Waals surface area contributed by atoms with E-state index in [1.165, 1.54) is 37.0 Å². The molecule has 6 heteroatoms. The Morgan fingerprint density at radius 3 is 2.62 bits per heavy atom. The minimum atomic E-state index is 0.160. The molecular formula is C20H25ClN2O2S. The van der Waals surface area contributed by atoms with E-state index < -0.39 is 0 Å². The first-order chi connectivity index (χ1) is 12.6. The van der Waals surface area contributed by atoms with Gasteiger partial charge in [0.05, 0.1) is 12.1 Å². The first-order valence-electron chi connectivity index (χ1n) is 9.19. The lowest BCUT2D eigenvalue weighted by molar-refractivity contribution is -0.131. The number of amides is 1. The van der Waals surface area contributed by atoms with Crippen LogP contribution in [0.4, 0.5) is 0 Å². The van der Waals surface area contributed by atoms with Gasteiger partial charge in [-0.3, -0.25) is 4.79 Å². The van der Waals surface area contributed by atoms with E-state index in [0.29, 0.717) is 24.1 Å². The third-order valence-electron chi connectivity index (χ3n) is 4.87. The molecule has 0 aliphatic heterocycles. The van der Waals surface area contributed by atoms with E-state index in [1.54, 1.807) is 12.1 Å². The zero-order valence-corrected chi connectivity index (χ0v) is 16.7. The smallest absolute Gasteiger partial charge is 0.228 e. The summed E-state index contributed by atoms with van der Waals surface area (Å²) in [4.78, 5) is 19.1. The van der Waals surface area contributed by atoms with Gasteiger partial charge in [-0.2, -0.15) is 0 Å². The number of ether oxygens (including phenoxy) is 1. The number of rotatable bonds is 6. The summed E-state index contributed by atoms with van der Waals surface area (Å²) in [6.45, 7) is 0.402. The number of aromatic nitrogens is 1. The van der Waals surface area contributed by atoms with Crippen LogP contribution in [0.5, 0.6) is 5.75 Å². The minimum absolute atomic E-state index is 0.160. The number of halogens is 1. The van der Waals surface area contributed by atoms with Crippen molar-refractivity contribution in [1.29, 1.82) is 0 Å². The summed E-state index contributed by atoms with van der Waals surface area (Å²) >= 11 is 7.40. The van der Waals surface area contributed by atoms with Gasteiger partial charge in [0, 0.05) is 23.5 Å². The highest BCUT2D eigenvalue weighted by atomic mass is 35.5. The molecular weight excluding hydrogens is 368 g/mol. The molecule has 1 saturated carbocycles. The van der Waals surface area contributed by atoms with Crippen LogP contribution >= 0.6 is 22.9 Å². The normalized spacial score (nSPS) is 15.5. The number of hydrogen-bond donors (Lipinski definition) is 0. The standard InChI is InChI=1S/C20H25ClN2O2S/c1-23(17-6-4-2-3-5-7-17)20(24)12-16-14-26-19(22-16)13-25-18-10-8-15(21)9-11-18/h8-11,14,17H,2-7,12-13H2,1H3. The molecule has 0 saturated heterocycles. The maximum absolute atomic E-state index is 12.6. The summed E-state index contributed by atoms with van der Waals surface area (Å²) in [5.74, 6) is 0.919. The number of benzene rings is 1. The first kappa shape index (κ1) is 19.2. The van der Waals surface area contributed by atoms with E-state index >= 15 is 0 Å². The summed E-state index contributed by atoms with van der Waals surface area (Å²) in [5.41, 5.74) is 0.829. The van der Waals surface area contributed by atoms with Gasteiger partial charge in [-0.25, -0.2) is 4.98 Å². The quantitative estimate of drug-likeness (QED) is 0.642. The van der Waals surface area contributed by atoms with E-state index in [4.69, 9.17) is 16.3 Å². The molecule has 1 aromatic heterocycles.